The highest BCUT2D eigenvalue weighted by molar-refractivity contribution is 8.77. The van der Waals surface area contributed by atoms with Crippen LogP contribution in [0.3, 0.4) is 0 Å². The predicted octanol–water partition coefficient (Wildman–Crippen LogP) is 2.09. The average molecular weight is 189 g/mol. The fraction of sp³-hybridized carbons (Fsp3) is 1.00. The molecule has 2 fully saturated rings. The van der Waals surface area contributed by atoms with E-state index in [4.69, 9.17) is 0 Å². The summed E-state index contributed by atoms with van der Waals surface area (Å²) in [7, 11) is 4.11. The van der Waals surface area contributed by atoms with E-state index in [9.17, 15) is 0 Å². The molecule has 1 nitrogen and oxygen atoms in total. The molecule has 2 aliphatic heterocycles. The summed E-state index contributed by atoms with van der Waals surface area (Å²) in [5.74, 6) is 3.77. The molecule has 0 amide bonds. The molecule has 2 rings (SSSR count). The minimum atomic E-state index is 0.989. The summed E-state index contributed by atoms with van der Waals surface area (Å²) in [4.78, 5) is 2.64. The molecule has 0 aromatic carbocycles. The molecule has 3 heteroatoms. The number of rotatable bonds is 2. The van der Waals surface area contributed by atoms with Gasteiger partial charge in [-0.2, -0.15) is 0 Å². The Balaban J connectivity index is 1.71. The first-order valence-electron chi connectivity index (χ1n) is 4.42. The maximum absolute atomic E-state index is 2.64. The van der Waals surface area contributed by atoms with Gasteiger partial charge in [-0.05, 0) is 31.8 Å². The van der Waals surface area contributed by atoms with Crippen LogP contribution in [-0.2, 0) is 0 Å². The van der Waals surface area contributed by atoms with Crippen LogP contribution in [-0.4, -0.2) is 36.0 Å². The molecule has 0 aliphatic carbocycles. The van der Waals surface area contributed by atoms with E-state index in [0.717, 1.165) is 5.92 Å². The Labute approximate surface area is 76.7 Å². The van der Waals surface area contributed by atoms with Crippen LogP contribution in [0.15, 0.2) is 0 Å². The van der Waals surface area contributed by atoms with Crippen molar-refractivity contribution >= 4 is 21.6 Å². The molecule has 0 radical (unpaired) electrons. The van der Waals surface area contributed by atoms with Crippen LogP contribution in [0.2, 0.25) is 0 Å². The molecule has 0 N–H and O–H groups in total. The zero-order valence-electron chi connectivity index (χ0n) is 6.79. The van der Waals surface area contributed by atoms with Crippen LogP contribution in [0.1, 0.15) is 12.8 Å². The normalized spacial score (nSPS) is 28.4. The summed E-state index contributed by atoms with van der Waals surface area (Å²) < 4.78 is 0. The van der Waals surface area contributed by atoms with Gasteiger partial charge in [-0.25, -0.2) is 0 Å². The van der Waals surface area contributed by atoms with E-state index in [1.165, 1.54) is 44.0 Å². The van der Waals surface area contributed by atoms with Crippen molar-refractivity contribution in [3.63, 3.8) is 0 Å². The summed E-state index contributed by atoms with van der Waals surface area (Å²) in [6.07, 6.45) is 2.88. The van der Waals surface area contributed by atoms with Gasteiger partial charge >= 0.3 is 0 Å². The van der Waals surface area contributed by atoms with Crippen molar-refractivity contribution in [2.45, 2.75) is 12.8 Å². The smallest absolute Gasteiger partial charge is 0.00857 e. The zero-order chi connectivity index (χ0) is 7.52. The molecular weight excluding hydrogens is 174 g/mol. The van der Waals surface area contributed by atoms with Gasteiger partial charge in [0.05, 0.1) is 0 Å². The van der Waals surface area contributed by atoms with Crippen LogP contribution in [0, 0.1) is 5.92 Å². The van der Waals surface area contributed by atoms with Gasteiger partial charge in [-0.15, -0.1) is 0 Å². The largest absolute Gasteiger partial charge is 0.303 e. The van der Waals surface area contributed by atoms with E-state index in [-0.39, 0.29) is 0 Å². The summed E-state index contributed by atoms with van der Waals surface area (Å²) in [5.41, 5.74) is 0. The summed E-state index contributed by atoms with van der Waals surface area (Å²) in [6.45, 7) is 4.11. The van der Waals surface area contributed by atoms with Crippen molar-refractivity contribution in [2.24, 2.45) is 5.92 Å². The Morgan fingerprint density at radius 1 is 1.09 bits per heavy atom. The molecule has 0 aromatic rings. The quantitative estimate of drug-likeness (QED) is 0.612. The Morgan fingerprint density at radius 3 is 2.36 bits per heavy atom. The van der Waals surface area contributed by atoms with E-state index in [1.54, 1.807) is 0 Å². The number of hydrogen-bond donors (Lipinski definition) is 0. The minimum absolute atomic E-state index is 0.989. The van der Waals surface area contributed by atoms with Gasteiger partial charge in [0.1, 0.15) is 0 Å². The van der Waals surface area contributed by atoms with Gasteiger partial charge in [0.15, 0.2) is 0 Å². The van der Waals surface area contributed by atoms with Crippen LogP contribution >= 0.6 is 21.6 Å². The van der Waals surface area contributed by atoms with E-state index < -0.39 is 0 Å². The van der Waals surface area contributed by atoms with Crippen molar-refractivity contribution in [1.82, 2.24) is 4.90 Å². The van der Waals surface area contributed by atoms with Crippen molar-refractivity contribution in [2.75, 3.05) is 31.1 Å². The lowest BCUT2D eigenvalue weighted by atomic mass is 10.2. The molecule has 0 saturated carbocycles. The van der Waals surface area contributed by atoms with Crippen LogP contribution < -0.4 is 0 Å². The van der Waals surface area contributed by atoms with Crippen molar-refractivity contribution in [3.05, 3.63) is 0 Å². The maximum Gasteiger partial charge on any atom is 0.00857 e. The van der Waals surface area contributed by atoms with Crippen molar-refractivity contribution in [3.8, 4) is 0 Å². The van der Waals surface area contributed by atoms with Crippen LogP contribution in [0.4, 0.5) is 0 Å². The molecule has 2 heterocycles. The first-order chi connectivity index (χ1) is 5.45. The fourth-order valence-corrected chi connectivity index (χ4v) is 4.68. The summed E-state index contributed by atoms with van der Waals surface area (Å²) >= 11 is 0. The number of nitrogens with zero attached hydrogens (tertiary/aromatic N) is 1. The Morgan fingerprint density at radius 2 is 1.73 bits per heavy atom. The van der Waals surface area contributed by atoms with Gasteiger partial charge in [-0.1, -0.05) is 21.6 Å². The topological polar surface area (TPSA) is 3.24 Å². The Bertz CT molecular complexity index is 103. The first-order valence-corrected chi connectivity index (χ1v) is 6.91. The predicted molar refractivity (Wildman–Crippen MR) is 54.1 cm³/mol. The SMILES string of the molecule is C1CCN(CC2CSSC2)C1. The molecule has 11 heavy (non-hydrogen) atoms. The van der Waals surface area contributed by atoms with Crippen LogP contribution in [0.5, 0.6) is 0 Å². The van der Waals surface area contributed by atoms with Gasteiger partial charge in [-0.3, -0.25) is 0 Å². The maximum atomic E-state index is 2.64. The number of hydrogen-bond acceptors (Lipinski definition) is 3. The molecule has 0 atom stereocenters. The second kappa shape index (κ2) is 4.06. The lowest BCUT2D eigenvalue weighted by Gasteiger charge is -2.17. The monoisotopic (exact) mass is 189 g/mol. The minimum Gasteiger partial charge on any atom is -0.303 e. The highest BCUT2D eigenvalue weighted by Crippen LogP contribution is 2.35. The average Bonchev–Trinajstić information content (AvgIpc) is 2.60. The van der Waals surface area contributed by atoms with E-state index in [2.05, 4.69) is 26.5 Å². The standard InChI is InChI=1S/C8H15NS2/c1-2-4-9(3-1)5-8-6-10-11-7-8/h8H,1-7H2. The van der Waals surface area contributed by atoms with E-state index in [1.807, 2.05) is 0 Å². The molecule has 2 aliphatic rings. The summed E-state index contributed by atoms with van der Waals surface area (Å²) in [6, 6.07) is 0. The first kappa shape index (κ1) is 8.27. The lowest BCUT2D eigenvalue weighted by Crippen LogP contribution is -2.27. The molecule has 0 unspecified atom stereocenters. The summed E-state index contributed by atoms with van der Waals surface area (Å²) in [5, 5.41) is 0. The lowest BCUT2D eigenvalue weighted by molar-refractivity contribution is 0.304. The molecule has 2 saturated heterocycles. The molecular formula is C8H15NS2. The molecule has 0 bridgehead atoms. The van der Waals surface area contributed by atoms with Crippen molar-refractivity contribution in [1.29, 1.82) is 0 Å². The van der Waals surface area contributed by atoms with Crippen LogP contribution in [0.25, 0.3) is 0 Å². The van der Waals surface area contributed by atoms with Gasteiger partial charge < -0.3 is 4.90 Å². The Kier molecular flexibility index (Phi) is 3.05. The third-order valence-corrected chi connectivity index (χ3v) is 5.10. The fourth-order valence-electron chi connectivity index (χ4n) is 1.77. The highest BCUT2D eigenvalue weighted by atomic mass is 33.1. The molecule has 64 valence electrons. The van der Waals surface area contributed by atoms with E-state index >= 15 is 0 Å². The molecule has 0 aromatic heterocycles. The third kappa shape index (κ3) is 2.30. The zero-order valence-corrected chi connectivity index (χ0v) is 8.42. The second-order valence-corrected chi connectivity index (χ2v) is 6.00. The van der Waals surface area contributed by atoms with Gasteiger partial charge in [0.2, 0.25) is 0 Å². The second-order valence-electron chi connectivity index (χ2n) is 3.44. The van der Waals surface area contributed by atoms with Crippen molar-refractivity contribution < 1.29 is 0 Å². The Hall–Kier alpha value is 0.660. The third-order valence-electron chi connectivity index (χ3n) is 2.41. The highest BCUT2D eigenvalue weighted by Gasteiger charge is 2.21. The van der Waals surface area contributed by atoms with E-state index in [0.29, 0.717) is 0 Å². The number of likely N-dealkylation sites (tertiary alicyclic amines) is 1. The van der Waals surface area contributed by atoms with Gasteiger partial charge in [0, 0.05) is 18.1 Å². The molecule has 0 spiro atoms. The van der Waals surface area contributed by atoms with Gasteiger partial charge in [0.25, 0.3) is 0 Å².